The van der Waals surface area contributed by atoms with E-state index in [1.165, 1.54) is 40.3 Å². The second-order valence-corrected chi connectivity index (χ2v) is 11.0. The van der Waals surface area contributed by atoms with E-state index >= 15 is 0 Å². The number of pyridine rings is 1. The van der Waals surface area contributed by atoms with Crippen LogP contribution in [0, 0.1) is 11.3 Å². The van der Waals surface area contributed by atoms with Crippen LogP contribution in [0.3, 0.4) is 0 Å². The lowest BCUT2D eigenvalue weighted by atomic mass is 9.58. The van der Waals surface area contributed by atoms with E-state index in [4.69, 9.17) is 4.74 Å². The zero-order valence-corrected chi connectivity index (χ0v) is 18.7. The van der Waals surface area contributed by atoms with Gasteiger partial charge in [0.2, 0.25) is 5.91 Å². The molecule has 1 saturated carbocycles. The molecule has 7 rings (SSSR count). The van der Waals surface area contributed by atoms with Gasteiger partial charge in [0.05, 0.1) is 17.6 Å². The fourth-order valence-corrected chi connectivity index (χ4v) is 8.07. The van der Waals surface area contributed by atoms with Crippen LogP contribution in [0.1, 0.15) is 63.4 Å². The first-order valence-corrected chi connectivity index (χ1v) is 12.2. The van der Waals surface area contributed by atoms with Crippen LogP contribution in [0.5, 0.6) is 0 Å². The van der Waals surface area contributed by atoms with Crippen molar-refractivity contribution in [3.63, 3.8) is 0 Å². The number of nitrogens with one attached hydrogen (secondary N) is 1. The zero-order chi connectivity index (χ0) is 21.6. The highest BCUT2D eigenvalue weighted by Crippen LogP contribution is 2.68. The Morgan fingerprint density at radius 2 is 2.09 bits per heavy atom. The Labute approximate surface area is 189 Å². The van der Waals surface area contributed by atoms with Gasteiger partial charge in [-0.05, 0) is 90.0 Å². The number of carbonyl (C=O) groups excluding carboxylic acids is 1. The van der Waals surface area contributed by atoms with E-state index in [9.17, 15) is 4.79 Å². The molecule has 1 aromatic carbocycles. The summed E-state index contributed by atoms with van der Waals surface area (Å²) in [5.74, 6) is 1.16. The van der Waals surface area contributed by atoms with Crippen molar-refractivity contribution in [1.82, 2.24) is 10.3 Å². The normalized spacial score (nSPS) is 40.0. The van der Waals surface area contributed by atoms with E-state index in [1.807, 2.05) is 12.4 Å². The first kappa shape index (κ1) is 19.0. The number of hydrogen-bond acceptors (Lipinski definition) is 3. The van der Waals surface area contributed by atoms with Crippen molar-refractivity contribution >= 4 is 16.7 Å². The summed E-state index contributed by atoms with van der Waals surface area (Å²) in [7, 11) is 0. The Morgan fingerprint density at radius 1 is 1.16 bits per heavy atom. The number of nitrogens with zero attached hydrogens (tertiary/aromatic N) is 1. The monoisotopic (exact) mass is 426 g/mol. The summed E-state index contributed by atoms with van der Waals surface area (Å²) in [4.78, 5) is 16.8. The second-order valence-electron chi connectivity index (χ2n) is 11.0. The minimum atomic E-state index is -0.372. The van der Waals surface area contributed by atoms with Crippen LogP contribution in [0.25, 0.3) is 10.8 Å². The number of allylic oxidation sites excluding steroid dienone is 1. The number of aromatic nitrogens is 1. The summed E-state index contributed by atoms with van der Waals surface area (Å²) in [6.45, 7) is 3.23. The number of ether oxygens (including phenoxy) is 1. The summed E-state index contributed by atoms with van der Waals surface area (Å²) in [5.41, 5.74) is 3.77. The number of rotatable bonds is 1. The fraction of sp³-hybridized carbons (Fsp3) is 0.500. The van der Waals surface area contributed by atoms with E-state index in [-0.39, 0.29) is 22.5 Å². The van der Waals surface area contributed by atoms with Gasteiger partial charge < -0.3 is 10.1 Å². The maximum atomic E-state index is 12.5. The van der Waals surface area contributed by atoms with Gasteiger partial charge in [-0.25, -0.2) is 0 Å². The van der Waals surface area contributed by atoms with Crippen molar-refractivity contribution in [2.45, 2.75) is 69.0 Å². The predicted octanol–water partition coefficient (Wildman–Crippen LogP) is 5.20. The molecule has 32 heavy (non-hydrogen) atoms. The van der Waals surface area contributed by atoms with E-state index in [0.29, 0.717) is 18.3 Å². The van der Waals surface area contributed by atoms with E-state index in [2.05, 4.69) is 53.6 Å². The van der Waals surface area contributed by atoms with Gasteiger partial charge in [-0.15, -0.1) is 0 Å². The Kier molecular flexibility index (Phi) is 3.76. The fourth-order valence-electron chi connectivity index (χ4n) is 8.07. The average molecular weight is 427 g/mol. The van der Waals surface area contributed by atoms with Crippen LogP contribution in [-0.4, -0.2) is 28.6 Å². The first-order chi connectivity index (χ1) is 15.5. The predicted molar refractivity (Wildman–Crippen MR) is 124 cm³/mol. The molecule has 4 nitrogen and oxygen atoms in total. The molecule has 4 heteroatoms. The number of amides is 1. The molecule has 3 aliphatic heterocycles. The van der Waals surface area contributed by atoms with Crippen molar-refractivity contribution in [2.24, 2.45) is 11.3 Å². The quantitative estimate of drug-likeness (QED) is 0.682. The van der Waals surface area contributed by atoms with Gasteiger partial charge in [0.15, 0.2) is 0 Å². The highest BCUT2D eigenvalue weighted by atomic mass is 16.5. The lowest BCUT2D eigenvalue weighted by Crippen LogP contribution is -2.53. The standard InChI is InChI=1S/C28H30N2O2/c1-26-9-6-22-15-21-8-13-30-25(31)16-27(21)10-11-28(22,32-27)24(26)5-4-23(26)19-3-2-18-7-12-29-17-20(18)14-19/h2-3,6-7,12,14-15,17,23-24H,4-5,8-11,13,16H2,1H3,(H,30,31)/t23?,24?,26?,27-,28-/m1/s1. The molecular weight excluding hydrogens is 396 g/mol. The van der Waals surface area contributed by atoms with Gasteiger partial charge >= 0.3 is 0 Å². The Bertz CT molecular complexity index is 1210. The van der Waals surface area contributed by atoms with Crippen LogP contribution in [0.4, 0.5) is 0 Å². The maximum Gasteiger partial charge on any atom is 0.223 e. The minimum absolute atomic E-state index is 0.144. The first-order valence-electron chi connectivity index (χ1n) is 12.2. The highest BCUT2D eigenvalue weighted by molar-refractivity contribution is 5.82. The van der Waals surface area contributed by atoms with Crippen molar-refractivity contribution in [3.8, 4) is 0 Å². The van der Waals surface area contributed by atoms with Crippen LogP contribution in [0.15, 0.2) is 60.0 Å². The van der Waals surface area contributed by atoms with Gasteiger partial charge in [-0.3, -0.25) is 9.78 Å². The molecule has 0 radical (unpaired) electrons. The van der Waals surface area contributed by atoms with Gasteiger partial charge in [0.1, 0.15) is 0 Å². The molecule has 1 aromatic heterocycles. The van der Waals surface area contributed by atoms with Crippen LogP contribution in [-0.2, 0) is 9.53 Å². The van der Waals surface area contributed by atoms with Crippen molar-refractivity contribution in [1.29, 1.82) is 0 Å². The molecule has 2 aliphatic carbocycles. The van der Waals surface area contributed by atoms with Gasteiger partial charge in [-0.2, -0.15) is 0 Å². The lowest BCUT2D eigenvalue weighted by molar-refractivity contribution is -0.141. The van der Waals surface area contributed by atoms with Crippen molar-refractivity contribution < 1.29 is 9.53 Å². The largest absolute Gasteiger partial charge is 0.359 e. The van der Waals surface area contributed by atoms with Gasteiger partial charge in [-0.1, -0.05) is 31.2 Å². The summed E-state index contributed by atoms with van der Waals surface area (Å²) in [6, 6.07) is 9.05. The van der Waals surface area contributed by atoms with Crippen LogP contribution < -0.4 is 5.32 Å². The molecule has 1 amide bonds. The third kappa shape index (κ3) is 2.37. The third-order valence-electron chi connectivity index (χ3n) is 9.57. The molecule has 1 N–H and O–H groups in total. The summed E-state index contributed by atoms with van der Waals surface area (Å²) >= 11 is 0. The van der Waals surface area contributed by atoms with Crippen molar-refractivity contribution in [3.05, 3.63) is 65.5 Å². The Hall–Kier alpha value is -2.46. The van der Waals surface area contributed by atoms with Crippen LogP contribution >= 0.6 is 0 Å². The maximum absolute atomic E-state index is 12.5. The van der Waals surface area contributed by atoms with E-state index in [0.717, 1.165) is 32.2 Å². The lowest BCUT2D eigenvalue weighted by Gasteiger charge is -2.53. The highest BCUT2D eigenvalue weighted by Gasteiger charge is 2.66. The minimum Gasteiger partial charge on any atom is -0.359 e. The molecule has 5 aliphatic rings. The zero-order valence-electron chi connectivity index (χ0n) is 18.7. The topological polar surface area (TPSA) is 51.2 Å². The summed E-state index contributed by atoms with van der Waals surface area (Å²) in [6.07, 6.45) is 15.7. The SMILES string of the molecule is CC12CC=C3C=C4CCNC(=O)C[C@]45CC[C@]3(O5)C1CCC2c1ccc2ccncc2c1. The third-order valence-corrected chi connectivity index (χ3v) is 9.57. The van der Waals surface area contributed by atoms with Crippen LogP contribution in [0.2, 0.25) is 0 Å². The molecule has 4 heterocycles. The molecule has 2 saturated heterocycles. The molecule has 164 valence electrons. The van der Waals surface area contributed by atoms with E-state index < -0.39 is 0 Å². The van der Waals surface area contributed by atoms with E-state index in [1.54, 1.807) is 0 Å². The molecule has 5 atom stereocenters. The second kappa shape index (κ2) is 6.32. The Balaban J connectivity index is 1.31. The van der Waals surface area contributed by atoms with Gasteiger partial charge in [0.25, 0.3) is 0 Å². The number of benzene rings is 1. The molecule has 3 fully saturated rings. The molecule has 2 spiro atoms. The van der Waals surface area contributed by atoms with Crippen molar-refractivity contribution in [2.75, 3.05) is 6.54 Å². The number of hydrogen-bond donors (Lipinski definition) is 1. The summed E-state index contributed by atoms with van der Waals surface area (Å²) < 4.78 is 7.16. The average Bonchev–Trinajstić information content (AvgIpc) is 3.25. The number of fused-ring (bicyclic) bond motifs is 2. The Morgan fingerprint density at radius 3 is 3.03 bits per heavy atom. The molecule has 2 bridgehead atoms. The molecule has 3 unspecified atom stereocenters. The van der Waals surface area contributed by atoms with Gasteiger partial charge in [0, 0.05) is 24.3 Å². The molecular formula is C28H30N2O2. The molecule has 2 aromatic rings. The smallest absolute Gasteiger partial charge is 0.223 e. The number of carbonyl (C=O) groups is 1. The summed E-state index contributed by atoms with van der Waals surface area (Å²) in [5, 5.41) is 5.55.